The van der Waals surface area contributed by atoms with Crippen LogP contribution in [0.1, 0.15) is 15.9 Å². The molecule has 4 rings (SSSR count). The van der Waals surface area contributed by atoms with Gasteiger partial charge in [-0.1, -0.05) is 12.1 Å². The molecular weight excluding hydrogens is 449 g/mol. The summed E-state index contributed by atoms with van der Waals surface area (Å²) in [6, 6.07) is 11.0. The van der Waals surface area contributed by atoms with Gasteiger partial charge in [0.05, 0.1) is 16.6 Å². The van der Waals surface area contributed by atoms with Crippen molar-refractivity contribution in [3.8, 4) is 0 Å². The van der Waals surface area contributed by atoms with Crippen molar-refractivity contribution in [2.24, 2.45) is 0 Å². The number of amides is 1. The van der Waals surface area contributed by atoms with Crippen LogP contribution < -0.4 is 16.3 Å². The lowest BCUT2D eigenvalue weighted by Crippen LogP contribution is -2.33. The molecule has 2 heterocycles. The van der Waals surface area contributed by atoms with Crippen LogP contribution in [0, 0.1) is 0 Å². The van der Waals surface area contributed by atoms with E-state index < -0.39 is 23.6 Å². The highest BCUT2D eigenvalue weighted by molar-refractivity contribution is 6.07. The Morgan fingerprint density at radius 3 is 2.24 bits per heavy atom. The maximum atomic E-state index is 13.4. The summed E-state index contributed by atoms with van der Waals surface area (Å²) >= 11 is 0. The SMILES string of the molecule is O=C(Nc1ccc(C(F)(F)C(F)(F)F)cc1)c1cccnc1Nc1ccc2[nH]c(=O)[nH]c2c1. The third-order valence-corrected chi connectivity index (χ3v) is 4.69. The Kier molecular flexibility index (Phi) is 5.36. The van der Waals surface area contributed by atoms with E-state index in [1.807, 2.05) is 0 Å². The molecule has 0 atom stereocenters. The molecule has 0 aliphatic carbocycles. The number of alkyl halides is 5. The van der Waals surface area contributed by atoms with Crippen molar-refractivity contribution in [1.82, 2.24) is 15.0 Å². The molecule has 0 saturated heterocycles. The van der Waals surface area contributed by atoms with Crippen molar-refractivity contribution in [3.63, 3.8) is 0 Å². The summed E-state index contributed by atoms with van der Waals surface area (Å²) in [5.41, 5.74) is 0.123. The minimum absolute atomic E-state index is 0.0165. The van der Waals surface area contributed by atoms with Gasteiger partial charge in [-0.15, -0.1) is 0 Å². The molecule has 0 bridgehead atoms. The van der Waals surface area contributed by atoms with Gasteiger partial charge >= 0.3 is 17.8 Å². The van der Waals surface area contributed by atoms with E-state index in [9.17, 15) is 31.5 Å². The zero-order valence-electron chi connectivity index (χ0n) is 16.4. The molecule has 1 amide bonds. The van der Waals surface area contributed by atoms with Gasteiger partial charge in [-0.2, -0.15) is 22.0 Å². The number of benzene rings is 2. The summed E-state index contributed by atoms with van der Waals surface area (Å²) in [4.78, 5) is 33.4. The van der Waals surface area contributed by atoms with E-state index in [4.69, 9.17) is 0 Å². The molecule has 0 unspecified atom stereocenters. The highest BCUT2D eigenvalue weighted by atomic mass is 19.4. The number of carbonyl (C=O) groups is 1. The summed E-state index contributed by atoms with van der Waals surface area (Å²) in [6.45, 7) is 0. The Morgan fingerprint density at radius 1 is 0.879 bits per heavy atom. The number of nitrogens with one attached hydrogen (secondary N) is 4. The highest BCUT2D eigenvalue weighted by Crippen LogP contribution is 2.43. The molecule has 0 aliphatic rings. The van der Waals surface area contributed by atoms with Crippen LogP contribution in [0.5, 0.6) is 0 Å². The molecule has 0 aliphatic heterocycles. The van der Waals surface area contributed by atoms with Gasteiger partial charge in [0.15, 0.2) is 0 Å². The Morgan fingerprint density at radius 2 is 1.55 bits per heavy atom. The second-order valence-corrected chi connectivity index (χ2v) is 6.97. The third-order valence-electron chi connectivity index (χ3n) is 4.69. The maximum Gasteiger partial charge on any atom is 0.458 e. The first-order chi connectivity index (χ1) is 15.5. The van der Waals surface area contributed by atoms with Crippen molar-refractivity contribution >= 4 is 34.1 Å². The average molecular weight is 463 g/mol. The lowest BCUT2D eigenvalue weighted by atomic mass is 10.1. The lowest BCUT2D eigenvalue weighted by molar-refractivity contribution is -0.289. The first-order valence-electron chi connectivity index (χ1n) is 9.35. The number of hydrogen-bond acceptors (Lipinski definition) is 4. The van der Waals surface area contributed by atoms with Crippen molar-refractivity contribution in [1.29, 1.82) is 0 Å². The molecule has 0 radical (unpaired) electrons. The summed E-state index contributed by atoms with van der Waals surface area (Å²) in [5, 5.41) is 5.39. The third kappa shape index (κ3) is 4.40. The second-order valence-electron chi connectivity index (χ2n) is 6.97. The van der Waals surface area contributed by atoms with Gasteiger partial charge in [0, 0.05) is 23.1 Å². The highest BCUT2D eigenvalue weighted by Gasteiger charge is 2.58. The first kappa shape index (κ1) is 22.0. The minimum Gasteiger partial charge on any atom is -0.340 e. The van der Waals surface area contributed by atoms with Crippen LogP contribution in [0.15, 0.2) is 65.6 Å². The summed E-state index contributed by atoms with van der Waals surface area (Å²) in [6.07, 6.45) is -4.30. The lowest BCUT2D eigenvalue weighted by Gasteiger charge is -2.20. The molecular formula is C21H14F5N5O2. The van der Waals surface area contributed by atoms with E-state index in [-0.39, 0.29) is 22.8 Å². The zero-order chi connectivity index (χ0) is 23.8. The van der Waals surface area contributed by atoms with E-state index in [1.165, 1.54) is 18.3 Å². The van der Waals surface area contributed by atoms with Crippen LogP contribution in [0.4, 0.5) is 39.1 Å². The van der Waals surface area contributed by atoms with E-state index in [0.29, 0.717) is 28.9 Å². The number of fused-ring (bicyclic) bond motifs is 1. The van der Waals surface area contributed by atoms with Crippen LogP contribution in [0.25, 0.3) is 11.0 Å². The van der Waals surface area contributed by atoms with Crippen molar-refractivity contribution in [2.75, 3.05) is 10.6 Å². The number of pyridine rings is 1. The fraction of sp³-hybridized carbons (Fsp3) is 0.0952. The van der Waals surface area contributed by atoms with Crippen molar-refractivity contribution in [2.45, 2.75) is 12.1 Å². The van der Waals surface area contributed by atoms with Crippen LogP contribution in [-0.4, -0.2) is 27.0 Å². The molecule has 4 aromatic rings. The number of aromatic nitrogens is 3. The topological polar surface area (TPSA) is 103 Å². The van der Waals surface area contributed by atoms with E-state index in [2.05, 4.69) is 25.6 Å². The van der Waals surface area contributed by atoms with Gasteiger partial charge in [0.1, 0.15) is 5.82 Å². The Bertz CT molecular complexity index is 1380. The normalized spacial score (nSPS) is 12.0. The van der Waals surface area contributed by atoms with Crippen LogP contribution >= 0.6 is 0 Å². The molecule has 33 heavy (non-hydrogen) atoms. The van der Waals surface area contributed by atoms with Gasteiger partial charge in [-0.25, -0.2) is 9.78 Å². The standard InChI is InChI=1S/C21H14F5N5O2/c22-20(23,21(24,25)26)11-3-5-12(6-4-11)29-18(32)14-2-1-9-27-17(14)28-13-7-8-15-16(10-13)31-19(33)30-15/h1-10H,(H,27,28)(H,29,32)(H2,30,31,33). The van der Waals surface area contributed by atoms with Crippen LogP contribution in [0.3, 0.4) is 0 Å². The number of halogens is 5. The van der Waals surface area contributed by atoms with Crippen LogP contribution in [-0.2, 0) is 5.92 Å². The average Bonchev–Trinajstić information content (AvgIpc) is 3.13. The Balaban J connectivity index is 1.54. The molecule has 2 aromatic heterocycles. The molecule has 170 valence electrons. The van der Waals surface area contributed by atoms with Gasteiger partial charge in [0.2, 0.25) is 0 Å². The van der Waals surface area contributed by atoms with Crippen molar-refractivity contribution < 1.29 is 26.7 Å². The number of carbonyl (C=O) groups excluding carboxylic acids is 1. The molecule has 0 saturated carbocycles. The van der Waals surface area contributed by atoms with E-state index in [0.717, 1.165) is 12.1 Å². The number of hydrogen-bond donors (Lipinski definition) is 4. The molecule has 7 nitrogen and oxygen atoms in total. The number of imidazole rings is 1. The predicted octanol–water partition coefficient (Wildman–Crippen LogP) is 4.90. The molecule has 0 spiro atoms. The Hall–Kier alpha value is -4.22. The molecule has 4 N–H and O–H groups in total. The van der Waals surface area contributed by atoms with Crippen LogP contribution in [0.2, 0.25) is 0 Å². The smallest absolute Gasteiger partial charge is 0.340 e. The monoisotopic (exact) mass is 463 g/mol. The van der Waals surface area contributed by atoms with Gasteiger partial charge < -0.3 is 20.6 Å². The number of anilines is 3. The second kappa shape index (κ2) is 8.04. The van der Waals surface area contributed by atoms with Gasteiger partial charge in [0.25, 0.3) is 5.91 Å². The van der Waals surface area contributed by atoms with E-state index in [1.54, 1.807) is 18.2 Å². The van der Waals surface area contributed by atoms with E-state index >= 15 is 0 Å². The summed E-state index contributed by atoms with van der Waals surface area (Å²) in [5.74, 6) is -5.52. The number of H-pyrrole nitrogens is 2. The number of aromatic amines is 2. The van der Waals surface area contributed by atoms with Crippen molar-refractivity contribution in [3.05, 3.63) is 82.4 Å². The molecule has 0 fully saturated rings. The fourth-order valence-corrected chi connectivity index (χ4v) is 3.06. The fourth-order valence-electron chi connectivity index (χ4n) is 3.06. The molecule has 2 aromatic carbocycles. The zero-order valence-corrected chi connectivity index (χ0v) is 16.4. The first-order valence-corrected chi connectivity index (χ1v) is 9.35. The summed E-state index contributed by atoms with van der Waals surface area (Å²) in [7, 11) is 0. The van der Waals surface area contributed by atoms with Gasteiger partial charge in [-0.05, 0) is 42.5 Å². The summed E-state index contributed by atoms with van der Waals surface area (Å²) < 4.78 is 64.4. The molecule has 12 heteroatoms. The maximum absolute atomic E-state index is 13.4. The largest absolute Gasteiger partial charge is 0.458 e. The number of rotatable bonds is 5. The quantitative estimate of drug-likeness (QED) is 0.316. The van der Waals surface area contributed by atoms with Gasteiger partial charge in [-0.3, -0.25) is 4.79 Å². The minimum atomic E-state index is -5.73. The Labute approximate surface area is 181 Å². The number of nitrogens with zero attached hydrogens (tertiary/aromatic N) is 1. The predicted molar refractivity (Wildman–Crippen MR) is 111 cm³/mol.